The zero-order valence-corrected chi connectivity index (χ0v) is 13.4. The predicted octanol–water partition coefficient (Wildman–Crippen LogP) is 1.66. The van der Waals surface area contributed by atoms with E-state index in [1.54, 1.807) is 0 Å². The van der Waals surface area contributed by atoms with Gasteiger partial charge in [0.05, 0.1) is 0 Å². The summed E-state index contributed by atoms with van der Waals surface area (Å²) in [4.78, 5) is 24.7. The summed E-state index contributed by atoms with van der Waals surface area (Å²) in [5.41, 5.74) is -0.0702. The highest BCUT2D eigenvalue weighted by molar-refractivity contribution is 5.74. The van der Waals surface area contributed by atoms with Gasteiger partial charge >= 0.3 is 12.0 Å². The average Bonchev–Trinajstić information content (AvgIpc) is 2.39. The number of nitrogens with zero attached hydrogens (tertiary/aromatic N) is 1. The van der Waals surface area contributed by atoms with Crippen molar-refractivity contribution in [2.24, 2.45) is 5.41 Å². The minimum atomic E-state index is -0.768. The van der Waals surface area contributed by atoms with E-state index in [1.807, 2.05) is 13.8 Å². The van der Waals surface area contributed by atoms with Crippen LogP contribution in [0.1, 0.15) is 46.0 Å². The van der Waals surface area contributed by atoms with Crippen LogP contribution in [0.15, 0.2) is 0 Å². The van der Waals surface area contributed by atoms with E-state index in [2.05, 4.69) is 22.6 Å². The van der Waals surface area contributed by atoms with Crippen LogP contribution in [0.25, 0.3) is 0 Å². The lowest BCUT2D eigenvalue weighted by Crippen LogP contribution is -2.47. The molecule has 0 bridgehead atoms. The molecule has 0 saturated carbocycles. The molecule has 1 aliphatic rings. The van der Waals surface area contributed by atoms with E-state index in [-0.39, 0.29) is 23.9 Å². The number of urea groups is 1. The average molecular weight is 299 g/mol. The number of aliphatic carboxylic acids is 1. The number of nitrogens with one attached hydrogen (secondary N) is 2. The van der Waals surface area contributed by atoms with Gasteiger partial charge in [-0.25, -0.2) is 4.79 Å². The van der Waals surface area contributed by atoms with Crippen LogP contribution in [-0.4, -0.2) is 54.7 Å². The topological polar surface area (TPSA) is 81.7 Å². The summed E-state index contributed by atoms with van der Waals surface area (Å²) >= 11 is 0. The number of carboxylic acids is 1. The zero-order chi connectivity index (χ0) is 15.9. The Morgan fingerprint density at radius 2 is 1.86 bits per heavy atom. The minimum Gasteiger partial charge on any atom is -0.481 e. The van der Waals surface area contributed by atoms with Crippen molar-refractivity contribution in [3.8, 4) is 0 Å². The van der Waals surface area contributed by atoms with Crippen molar-refractivity contribution in [2.75, 3.05) is 26.7 Å². The van der Waals surface area contributed by atoms with E-state index in [0.717, 1.165) is 32.4 Å². The van der Waals surface area contributed by atoms with E-state index in [1.165, 1.54) is 0 Å². The number of amides is 2. The summed E-state index contributed by atoms with van der Waals surface area (Å²) in [6.07, 6.45) is 3.57. The van der Waals surface area contributed by atoms with E-state index in [4.69, 9.17) is 5.11 Å². The summed E-state index contributed by atoms with van der Waals surface area (Å²) in [6, 6.07) is 0.153. The van der Waals surface area contributed by atoms with Crippen molar-refractivity contribution >= 4 is 12.0 Å². The third-order valence-electron chi connectivity index (χ3n) is 4.16. The minimum absolute atomic E-state index is 0.0702. The summed E-state index contributed by atoms with van der Waals surface area (Å²) in [6.45, 7) is 6.68. The first-order valence-corrected chi connectivity index (χ1v) is 7.73. The molecule has 1 heterocycles. The van der Waals surface area contributed by atoms with Gasteiger partial charge in [0.1, 0.15) is 0 Å². The van der Waals surface area contributed by atoms with Crippen molar-refractivity contribution < 1.29 is 14.7 Å². The number of rotatable bonds is 7. The molecule has 2 amide bonds. The molecule has 6 nitrogen and oxygen atoms in total. The highest BCUT2D eigenvalue weighted by atomic mass is 16.4. The highest BCUT2D eigenvalue weighted by Gasteiger charge is 2.20. The maximum atomic E-state index is 11.8. The highest BCUT2D eigenvalue weighted by Crippen LogP contribution is 2.25. The SMILES string of the molecule is CN1CCC(NC(=O)NCCC(C)(C)CCC(=O)O)CC1. The standard InChI is InChI=1S/C15H29N3O3/c1-15(2,7-4-13(19)20)8-9-16-14(21)17-12-5-10-18(3)11-6-12/h12H,4-11H2,1-3H3,(H,19,20)(H2,16,17,21). The van der Waals surface area contributed by atoms with Gasteiger partial charge in [-0.3, -0.25) is 4.79 Å². The first kappa shape index (κ1) is 17.8. The first-order valence-electron chi connectivity index (χ1n) is 7.73. The maximum absolute atomic E-state index is 11.8. The monoisotopic (exact) mass is 299 g/mol. The predicted molar refractivity (Wildman–Crippen MR) is 82.3 cm³/mol. The molecule has 0 aliphatic carbocycles. The van der Waals surface area contributed by atoms with Crippen molar-refractivity contribution in [3.63, 3.8) is 0 Å². The Bertz CT molecular complexity index is 350. The fraction of sp³-hybridized carbons (Fsp3) is 0.867. The molecule has 1 saturated heterocycles. The normalized spacial score (nSPS) is 17.5. The second-order valence-electron chi connectivity index (χ2n) is 6.79. The molecule has 0 spiro atoms. The van der Waals surface area contributed by atoms with Gasteiger partial charge in [-0.2, -0.15) is 0 Å². The molecule has 6 heteroatoms. The van der Waals surface area contributed by atoms with Crippen molar-refractivity contribution in [1.82, 2.24) is 15.5 Å². The number of carbonyl (C=O) groups excluding carboxylic acids is 1. The van der Waals surface area contributed by atoms with Gasteiger partial charge in [-0.05, 0) is 51.2 Å². The van der Waals surface area contributed by atoms with E-state index in [9.17, 15) is 9.59 Å². The molecule has 0 aromatic rings. The van der Waals surface area contributed by atoms with Gasteiger partial charge in [-0.15, -0.1) is 0 Å². The third kappa shape index (κ3) is 7.90. The number of piperidine rings is 1. The Kier molecular flexibility index (Phi) is 6.95. The lowest BCUT2D eigenvalue weighted by molar-refractivity contribution is -0.137. The van der Waals surface area contributed by atoms with E-state index < -0.39 is 5.97 Å². The Morgan fingerprint density at radius 3 is 2.43 bits per heavy atom. The lowest BCUT2D eigenvalue weighted by atomic mass is 9.84. The van der Waals surface area contributed by atoms with Gasteiger partial charge in [0.15, 0.2) is 0 Å². The molecule has 1 rings (SSSR count). The van der Waals surface area contributed by atoms with Gasteiger partial charge in [0, 0.05) is 19.0 Å². The molecule has 0 unspecified atom stereocenters. The van der Waals surface area contributed by atoms with Gasteiger partial charge in [0.2, 0.25) is 0 Å². The maximum Gasteiger partial charge on any atom is 0.315 e. The van der Waals surface area contributed by atoms with Gasteiger partial charge in [0.25, 0.3) is 0 Å². The fourth-order valence-electron chi connectivity index (χ4n) is 2.47. The zero-order valence-electron chi connectivity index (χ0n) is 13.4. The second kappa shape index (κ2) is 8.22. The van der Waals surface area contributed by atoms with Crippen LogP contribution in [0.5, 0.6) is 0 Å². The molecule has 0 radical (unpaired) electrons. The molecule has 3 N–H and O–H groups in total. The van der Waals surface area contributed by atoms with E-state index in [0.29, 0.717) is 13.0 Å². The number of carbonyl (C=O) groups is 2. The summed E-state index contributed by atoms with van der Waals surface area (Å²) in [7, 11) is 2.09. The Balaban J connectivity index is 2.16. The number of hydrogen-bond donors (Lipinski definition) is 3. The smallest absolute Gasteiger partial charge is 0.315 e. The van der Waals surface area contributed by atoms with Crippen LogP contribution < -0.4 is 10.6 Å². The number of hydrogen-bond acceptors (Lipinski definition) is 3. The Hall–Kier alpha value is -1.30. The van der Waals surface area contributed by atoms with Crippen LogP contribution in [0.2, 0.25) is 0 Å². The van der Waals surface area contributed by atoms with Crippen LogP contribution in [-0.2, 0) is 4.79 Å². The van der Waals surface area contributed by atoms with Crippen molar-refractivity contribution in [3.05, 3.63) is 0 Å². The van der Waals surface area contributed by atoms with Crippen LogP contribution in [0.3, 0.4) is 0 Å². The molecule has 21 heavy (non-hydrogen) atoms. The van der Waals surface area contributed by atoms with Crippen molar-refractivity contribution in [2.45, 2.75) is 52.0 Å². The van der Waals surface area contributed by atoms with Gasteiger partial charge in [-0.1, -0.05) is 13.8 Å². The molecule has 0 aromatic carbocycles. The molecule has 0 aromatic heterocycles. The number of likely N-dealkylation sites (tertiary alicyclic amines) is 1. The quantitative estimate of drug-likeness (QED) is 0.668. The largest absolute Gasteiger partial charge is 0.481 e. The Morgan fingerprint density at radius 1 is 1.24 bits per heavy atom. The number of carboxylic acid groups (broad SMARTS) is 1. The first-order chi connectivity index (χ1) is 9.78. The van der Waals surface area contributed by atoms with Gasteiger partial charge < -0.3 is 20.6 Å². The van der Waals surface area contributed by atoms with Crippen LogP contribution >= 0.6 is 0 Å². The lowest BCUT2D eigenvalue weighted by Gasteiger charge is -2.29. The molecule has 1 aliphatic heterocycles. The molecular weight excluding hydrogens is 270 g/mol. The van der Waals surface area contributed by atoms with E-state index >= 15 is 0 Å². The summed E-state index contributed by atoms with van der Waals surface area (Å²) in [5, 5.41) is 14.6. The second-order valence-corrected chi connectivity index (χ2v) is 6.79. The molecule has 122 valence electrons. The summed E-state index contributed by atoms with van der Waals surface area (Å²) < 4.78 is 0. The third-order valence-corrected chi connectivity index (χ3v) is 4.16. The molecular formula is C15H29N3O3. The van der Waals surface area contributed by atoms with Crippen LogP contribution in [0.4, 0.5) is 4.79 Å². The molecule has 0 atom stereocenters. The van der Waals surface area contributed by atoms with Crippen molar-refractivity contribution in [1.29, 1.82) is 0 Å². The Labute approximate surface area is 127 Å². The summed E-state index contributed by atoms with van der Waals surface area (Å²) in [5.74, 6) is -0.768. The van der Waals surface area contributed by atoms with Crippen LogP contribution in [0, 0.1) is 5.41 Å². The molecule has 1 fully saturated rings. The fourth-order valence-corrected chi connectivity index (χ4v) is 2.47.